The highest BCUT2D eigenvalue weighted by Crippen LogP contribution is 2.58. The minimum atomic E-state index is -0.218. The highest BCUT2D eigenvalue weighted by molar-refractivity contribution is 9.10. The molecule has 0 bridgehead atoms. The summed E-state index contributed by atoms with van der Waals surface area (Å²) in [6, 6.07) is 7.46. The molecule has 1 amide bonds. The molecule has 6 heteroatoms. The monoisotopic (exact) mass is 453 g/mol. The number of halogens is 1. The fourth-order valence-electron chi connectivity index (χ4n) is 5.58. The lowest BCUT2D eigenvalue weighted by Gasteiger charge is -2.66. The molecule has 2 aliphatic rings. The van der Waals surface area contributed by atoms with Crippen LogP contribution >= 0.6 is 15.9 Å². The van der Waals surface area contributed by atoms with E-state index in [0.717, 1.165) is 22.2 Å². The van der Waals surface area contributed by atoms with Crippen molar-refractivity contribution in [1.29, 1.82) is 0 Å². The first-order chi connectivity index (χ1) is 13.7. The zero-order valence-electron chi connectivity index (χ0n) is 17.1. The molecule has 0 radical (unpaired) electrons. The van der Waals surface area contributed by atoms with E-state index < -0.39 is 0 Å². The predicted molar refractivity (Wildman–Crippen MR) is 115 cm³/mol. The van der Waals surface area contributed by atoms with Gasteiger partial charge in [-0.3, -0.25) is 9.78 Å². The molecule has 1 aromatic carbocycles. The predicted octanol–water partition coefficient (Wildman–Crippen LogP) is 5.28. The maximum Gasteiger partial charge on any atom is 0.256 e. The molecule has 1 fully saturated rings. The van der Waals surface area contributed by atoms with Crippen LogP contribution in [0.1, 0.15) is 43.6 Å². The van der Waals surface area contributed by atoms with E-state index in [4.69, 9.17) is 11.3 Å². The average Bonchev–Trinajstić information content (AvgIpc) is 2.68. The van der Waals surface area contributed by atoms with Crippen molar-refractivity contribution < 1.29 is 9.53 Å². The Morgan fingerprint density at radius 1 is 1.24 bits per heavy atom. The van der Waals surface area contributed by atoms with Crippen molar-refractivity contribution in [3.05, 3.63) is 63.7 Å². The van der Waals surface area contributed by atoms with Gasteiger partial charge < -0.3 is 9.64 Å². The Bertz CT molecular complexity index is 1010. The number of amides is 1. The number of hydrogen-bond acceptors (Lipinski definition) is 3. The second-order valence-electron chi connectivity index (χ2n) is 9.05. The minimum Gasteiger partial charge on any atom is -0.489 e. The number of nitrogens with zero attached hydrogens (tertiary/aromatic N) is 3. The molecule has 1 saturated carbocycles. The molecule has 4 rings (SSSR count). The Hall–Kier alpha value is -2.39. The summed E-state index contributed by atoms with van der Waals surface area (Å²) in [6.45, 7) is 16.6. The molecule has 1 aromatic heterocycles. The second-order valence-corrected chi connectivity index (χ2v) is 9.90. The third kappa shape index (κ3) is 3.03. The highest BCUT2D eigenvalue weighted by Gasteiger charge is 2.66. The summed E-state index contributed by atoms with van der Waals surface area (Å²) < 4.78 is 7.13. The number of pyridine rings is 1. The average molecular weight is 454 g/mol. The van der Waals surface area contributed by atoms with Crippen LogP contribution < -0.4 is 4.74 Å². The summed E-state index contributed by atoms with van der Waals surface area (Å²) in [5.74, 6) is 0.793. The van der Waals surface area contributed by atoms with Gasteiger partial charge in [-0.25, -0.2) is 4.85 Å². The van der Waals surface area contributed by atoms with E-state index in [0.29, 0.717) is 17.8 Å². The van der Waals surface area contributed by atoms with E-state index in [-0.39, 0.29) is 28.9 Å². The summed E-state index contributed by atoms with van der Waals surface area (Å²) in [5, 5.41) is 0. The number of carbonyl (C=O) groups is 1. The first kappa shape index (κ1) is 19.9. The maximum absolute atomic E-state index is 13.2. The van der Waals surface area contributed by atoms with Gasteiger partial charge in [0.05, 0.1) is 12.1 Å². The van der Waals surface area contributed by atoms with Crippen LogP contribution in [0.4, 0.5) is 5.69 Å². The number of benzene rings is 1. The van der Waals surface area contributed by atoms with Crippen molar-refractivity contribution in [2.45, 2.75) is 46.3 Å². The largest absolute Gasteiger partial charge is 0.489 e. The number of rotatable bonds is 3. The van der Waals surface area contributed by atoms with Gasteiger partial charge in [-0.15, -0.1) is 0 Å². The Kier molecular flexibility index (Phi) is 4.70. The lowest BCUT2D eigenvalue weighted by atomic mass is 9.48. The van der Waals surface area contributed by atoms with Crippen LogP contribution in [-0.2, 0) is 6.42 Å². The molecular weight excluding hydrogens is 430 g/mol. The van der Waals surface area contributed by atoms with Gasteiger partial charge in [-0.1, -0.05) is 49.7 Å². The maximum atomic E-state index is 13.2. The van der Waals surface area contributed by atoms with E-state index in [9.17, 15) is 4.79 Å². The van der Waals surface area contributed by atoms with E-state index in [1.54, 1.807) is 18.5 Å². The van der Waals surface area contributed by atoms with E-state index in [1.165, 1.54) is 0 Å². The van der Waals surface area contributed by atoms with Gasteiger partial charge >= 0.3 is 0 Å². The fourth-order valence-corrected chi connectivity index (χ4v) is 6.03. The summed E-state index contributed by atoms with van der Waals surface area (Å²) in [7, 11) is 0. The third-order valence-electron chi connectivity index (χ3n) is 6.39. The van der Waals surface area contributed by atoms with Crippen LogP contribution in [0.2, 0.25) is 0 Å². The van der Waals surface area contributed by atoms with Crippen LogP contribution in [0.15, 0.2) is 41.1 Å². The number of ether oxygens (including phenoxy) is 1. The molecule has 2 heterocycles. The number of hydrogen-bond donors (Lipinski definition) is 0. The quantitative estimate of drug-likeness (QED) is 0.594. The van der Waals surface area contributed by atoms with Crippen LogP contribution in [0.3, 0.4) is 0 Å². The highest BCUT2D eigenvalue weighted by atomic mass is 79.9. The first-order valence-corrected chi connectivity index (χ1v) is 10.5. The third-order valence-corrected chi connectivity index (χ3v) is 7.03. The van der Waals surface area contributed by atoms with Gasteiger partial charge in [-0.2, -0.15) is 0 Å². The lowest BCUT2D eigenvalue weighted by molar-refractivity contribution is -0.199. The molecule has 0 N–H and O–H groups in total. The molecule has 1 aliphatic heterocycles. The Labute approximate surface area is 180 Å². The number of carbonyl (C=O) groups excluding carboxylic acids is 1. The van der Waals surface area contributed by atoms with E-state index in [1.807, 2.05) is 23.1 Å². The Balaban J connectivity index is 1.60. The first-order valence-electron chi connectivity index (χ1n) is 9.75. The van der Waals surface area contributed by atoms with Crippen molar-refractivity contribution in [2.75, 3.05) is 6.54 Å². The molecular formula is C23H24BrN3O2. The van der Waals surface area contributed by atoms with E-state index in [2.05, 4.69) is 53.5 Å². The molecule has 0 unspecified atom stereocenters. The normalized spacial score (nSPS) is 24.3. The molecule has 0 saturated heterocycles. The van der Waals surface area contributed by atoms with Gasteiger partial charge in [0.15, 0.2) is 0 Å². The minimum absolute atomic E-state index is 0.0613. The molecule has 1 aliphatic carbocycles. The van der Waals surface area contributed by atoms with Gasteiger partial charge in [0.2, 0.25) is 5.69 Å². The van der Waals surface area contributed by atoms with Gasteiger partial charge in [0.1, 0.15) is 11.9 Å². The Morgan fingerprint density at radius 2 is 1.97 bits per heavy atom. The lowest BCUT2D eigenvalue weighted by Crippen LogP contribution is -2.75. The van der Waals surface area contributed by atoms with Crippen LogP contribution in [0.25, 0.3) is 4.85 Å². The number of fused-ring (bicyclic) bond motifs is 1. The standard InChI is InChI=1S/C23H24BrN3O2/c1-22(2)20(27-11-9-14-8-10-26-13-16(14)19(27)28)23(3,4)21(22)29-15-6-7-18(25-5)17(24)12-15/h6-8,10,12-13,20-21H,9,11H2,1-4H3. The molecule has 29 heavy (non-hydrogen) atoms. The van der Waals surface area contributed by atoms with Gasteiger partial charge in [0.25, 0.3) is 5.91 Å². The van der Waals surface area contributed by atoms with Crippen LogP contribution in [0.5, 0.6) is 5.75 Å². The smallest absolute Gasteiger partial charge is 0.256 e. The molecule has 5 nitrogen and oxygen atoms in total. The van der Waals surface area contributed by atoms with Crippen LogP contribution in [0, 0.1) is 17.4 Å². The van der Waals surface area contributed by atoms with Crippen molar-refractivity contribution in [3.63, 3.8) is 0 Å². The summed E-state index contributed by atoms with van der Waals surface area (Å²) in [5.41, 5.74) is 1.92. The number of aromatic nitrogens is 1. The molecule has 0 spiro atoms. The zero-order chi connectivity index (χ0) is 21.0. The summed E-state index contributed by atoms with van der Waals surface area (Å²) in [6.07, 6.45) is 4.23. The van der Waals surface area contributed by atoms with Crippen molar-refractivity contribution in [2.24, 2.45) is 10.8 Å². The topological polar surface area (TPSA) is 46.8 Å². The van der Waals surface area contributed by atoms with E-state index >= 15 is 0 Å². The Morgan fingerprint density at radius 3 is 2.62 bits per heavy atom. The SMILES string of the molecule is [C-]#[N+]c1ccc(OC2C(C)(C)C(N3CCc4ccncc4C3=O)C2(C)C)cc1Br. The second kappa shape index (κ2) is 6.84. The van der Waals surface area contributed by atoms with Gasteiger partial charge in [-0.05, 0) is 30.2 Å². The van der Waals surface area contributed by atoms with Crippen molar-refractivity contribution in [3.8, 4) is 5.75 Å². The molecule has 150 valence electrons. The summed E-state index contributed by atoms with van der Waals surface area (Å²) in [4.78, 5) is 22.9. The fraction of sp³-hybridized carbons (Fsp3) is 0.435. The van der Waals surface area contributed by atoms with Crippen molar-refractivity contribution in [1.82, 2.24) is 9.88 Å². The van der Waals surface area contributed by atoms with Crippen molar-refractivity contribution >= 4 is 27.5 Å². The molecule has 2 aromatic rings. The van der Waals surface area contributed by atoms with Gasteiger partial charge in [0, 0.05) is 40.3 Å². The zero-order valence-corrected chi connectivity index (χ0v) is 18.7. The van der Waals surface area contributed by atoms with Crippen LogP contribution in [-0.4, -0.2) is 34.5 Å². The molecule has 0 atom stereocenters. The summed E-state index contributed by atoms with van der Waals surface area (Å²) >= 11 is 3.44.